The Morgan fingerprint density at radius 1 is 1.33 bits per heavy atom. The fraction of sp³-hybridized carbons (Fsp3) is 0.706. The van der Waals surface area contributed by atoms with E-state index in [0.29, 0.717) is 17.4 Å². The second-order valence-electron chi connectivity index (χ2n) is 6.73. The number of nitrogens with zero attached hydrogens (tertiary/aromatic N) is 3. The minimum absolute atomic E-state index is 0.0562. The van der Waals surface area contributed by atoms with Crippen LogP contribution in [0.1, 0.15) is 29.6 Å². The van der Waals surface area contributed by atoms with Gasteiger partial charge in [0, 0.05) is 38.6 Å². The van der Waals surface area contributed by atoms with E-state index in [9.17, 15) is 4.79 Å². The Morgan fingerprint density at radius 2 is 2.08 bits per heavy atom. The highest BCUT2D eigenvalue weighted by molar-refractivity contribution is 7.98. The van der Waals surface area contributed by atoms with Crippen LogP contribution in [-0.4, -0.2) is 65.5 Å². The predicted molar refractivity (Wildman–Crippen MR) is 98.5 cm³/mol. The van der Waals surface area contributed by atoms with Crippen LogP contribution in [0, 0.1) is 11.8 Å². The van der Waals surface area contributed by atoms with Crippen molar-refractivity contribution in [3.05, 3.63) is 18.0 Å². The molecule has 2 fully saturated rings. The maximum absolute atomic E-state index is 12.5. The summed E-state index contributed by atoms with van der Waals surface area (Å²) < 4.78 is 0. The first-order chi connectivity index (χ1) is 11.7. The summed E-state index contributed by atoms with van der Waals surface area (Å²) in [6.07, 6.45) is 9.18. The van der Waals surface area contributed by atoms with Crippen LogP contribution in [0.25, 0.3) is 0 Å². The Hall–Kier alpha value is -1.34. The summed E-state index contributed by atoms with van der Waals surface area (Å²) in [5, 5.41) is 6.10. The number of hydrogen-bond acceptors (Lipinski definition) is 6. The molecule has 1 saturated carbocycles. The number of likely N-dealkylation sites (tertiary alicyclic amines) is 1. The number of aromatic nitrogens is 2. The quantitative estimate of drug-likeness (QED) is 0.697. The summed E-state index contributed by atoms with van der Waals surface area (Å²) in [7, 11) is 1.76. The Balaban J connectivity index is 1.58. The topological polar surface area (TPSA) is 70.2 Å². The zero-order chi connectivity index (χ0) is 16.9. The van der Waals surface area contributed by atoms with Crippen LogP contribution in [0.3, 0.4) is 0 Å². The fourth-order valence-corrected chi connectivity index (χ4v) is 3.93. The molecule has 7 heteroatoms. The van der Waals surface area contributed by atoms with E-state index in [1.54, 1.807) is 19.4 Å². The molecular weight excluding hydrogens is 322 g/mol. The molecule has 0 bridgehead atoms. The van der Waals surface area contributed by atoms with Crippen LogP contribution in [0.4, 0.5) is 5.95 Å². The summed E-state index contributed by atoms with van der Waals surface area (Å²) in [6.45, 7) is 3.23. The standard InChI is InChI=1S/C17H27N5OS/c1-18-17-19-8-13(9-20-17)16(23)21-15-11-22(6-3-7-24-2)10-14(15)12-4-5-12/h8-9,12,14-15H,3-7,10-11H2,1-2H3,(H,21,23)(H,18,19,20)/t14-,15+/m0/s1. The largest absolute Gasteiger partial charge is 0.357 e. The van der Waals surface area contributed by atoms with Gasteiger partial charge in [0.15, 0.2) is 0 Å². The van der Waals surface area contributed by atoms with Gasteiger partial charge in [0.1, 0.15) is 0 Å². The Bertz CT molecular complexity index is 548. The fourth-order valence-electron chi connectivity index (χ4n) is 3.51. The third-order valence-electron chi connectivity index (χ3n) is 4.95. The predicted octanol–water partition coefficient (Wildman–Crippen LogP) is 1.71. The van der Waals surface area contributed by atoms with E-state index in [2.05, 4.69) is 31.8 Å². The summed E-state index contributed by atoms with van der Waals surface area (Å²) in [6, 6.07) is 0.253. The number of carbonyl (C=O) groups excluding carboxylic acids is 1. The number of hydrogen-bond donors (Lipinski definition) is 2. The van der Waals surface area contributed by atoms with Gasteiger partial charge in [-0.05, 0) is 49.7 Å². The molecule has 1 aromatic heterocycles. The third-order valence-corrected chi connectivity index (χ3v) is 5.64. The summed E-state index contributed by atoms with van der Waals surface area (Å²) in [4.78, 5) is 23.3. The molecule has 1 aliphatic carbocycles. The van der Waals surface area contributed by atoms with Gasteiger partial charge in [-0.1, -0.05) is 0 Å². The molecule has 0 spiro atoms. The summed E-state index contributed by atoms with van der Waals surface area (Å²) in [5.41, 5.74) is 0.532. The van der Waals surface area contributed by atoms with E-state index in [1.165, 1.54) is 25.0 Å². The van der Waals surface area contributed by atoms with Crippen molar-refractivity contribution in [1.29, 1.82) is 0 Å². The smallest absolute Gasteiger partial charge is 0.254 e. The Kier molecular flexibility index (Phi) is 5.94. The molecule has 2 heterocycles. The highest BCUT2D eigenvalue weighted by atomic mass is 32.2. The lowest BCUT2D eigenvalue weighted by Gasteiger charge is -2.19. The molecular formula is C17H27N5OS. The molecule has 2 aliphatic rings. The van der Waals surface area contributed by atoms with Gasteiger partial charge in [0.05, 0.1) is 5.56 Å². The normalized spacial score (nSPS) is 24.1. The summed E-state index contributed by atoms with van der Waals surface area (Å²) in [5.74, 6) is 3.07. The molecule has 1 saturated heterocycles. The molecule has 1 amide bonds. The Labute approximate surface area is 148 Å². The van der Waals surface area contributed by atoms with Gasteiger partial charge in [0.2, 0.25) is 5.95 Å². The maximum Gasteiger partial charge on any atom is 0.254 e. The highest BCUT2D eigenvalue weighted by Gasteiger charge is 2.42. The van der Waals surface area contributed by atoms with Crippen LogP contribution < -0.4 is 10.6 Å². The van der Waals surface area contributed by atoms with Crippen molar-refractivity contribution in [2.75, 3.05) is 44.0 Å². The van der Waals surface area contributed by atoms with E-state index in [-0.39, 0.29) is 11.9 Å². The Morgan fingerprint density at radius 3 is 2.71 bits per heavy atom. The van der Waals surface area contributed by atoms with Gasteiger partial charge in [-0.15, -0.1) is 0 Å². The number of carbonyl (C=O) groups is 1. The first-order valence-corrected chi connectivity index (χ1v) is 10.1. The van der Waals surface area contributed by atoms with Gasteiger partial charge in [-0.3, -0.25) is 4.79 Å². The van der Waals surface area contributed by atoms with Gasteiger partial charge in [-0.25, -0.2) is 9.97 Å². The lowest BCUT2D eigenvalue weighted by molar-refractivity contribution is 0.0927. The molecule has 0 aromatic carbocycles. The first kappa shape index (κ1) is 17.5. The third kappa shape index (κ3) is 4.39. The molecule has 0 unspecified atom stereocenters. The number of anilines is 1. The van der Waals surface area contributed by atoms with E-state index in [4.69, 9.17) is 0 Å². The average molecular weight is 350 g/mol. The van der Waals surface area contributed by atoms with Crippen molar-refractivity contribution in [3.8, 4) is 0 Å². The van der Waals surface area contributed by atoms with E-state index >= 15 is 0 Å². The minimum Gasteiger partial charge on any atom is -0.357 e. The van der Waals surface area contributed by atoms with E-state index in [1.807, 2.05) is 11.8 Å². The van der Waals surface area contributed by atoms with Gasteiger partial charge in [-0.2, -0.15) is 11.8 Å². The van der Waals surface area contributed by atoms with E-state index < -0.39 is 0 Å². The van der Waals surface area contributed by atoms with Crippen molar-refractivity contribution in [2.24, 2.45) is 11.8 Å². The molecule has 1 aliphatic heterocycles. The minimum atomic E-state index is -0.0562. The molecule has 3 rings (SSSR count). The number of rotatable bonds is 8. The number of nitrogens with one attached hydrogen (secondary N) is 2. The van der Waals surface area contributed by atoms with Crippen molar-refractivity contribution in [2.45, 2.75) is 25.3 Å². The highest BCUT2D eigenvalue weighted by Crippen LogP contribution is 2.41. The SMILES string of the molecule is CNc1ncc(C(=O)N[C@@H]2CN(CCCSC)C[C@H]2C2CC2)cn1. The van der Waals surface area contributed by atoms with Crippen LogP contribution in [-0.2, 0) is 0 Å². The number of amides is 1. The molecule has 0 radical (unpaired) electrons. The van der Waals surface area contributed by atoms with Gasteiger partial charge in [0.25, 0.3) is 5.91 Å². The first-order valence-electron chi connectivity index (χ1n) is 8.73. The zero-order valence-electron chi connectivity index (χ0n) is 14.5. The van der Waals surface area contributed by atoms with Crippen LogP contribution in [0.5, 0.6) is 0 Å². The second kappa shape index (κ2) is 8.16. The van der Waals surface area contributed by atoms with Gasteiger partial charge < -0.3 is 15.5 Å². The van der Waals surface area contributed by atoms with Crippen LogP contribution in [0.15, 0.2) is 12.4 Å². The molecule has 2 N–H and O–H groups in total. The van der Waals surface area contributed by atoms with Crippen molar-refractivity contribution in [3.63, 3.8) is 0 Å². The van der Waals surface area contributed by atoms with Crippen molar-refractivity contribution >= 4 is 23.6 Å². The second-order valence-corrected chi connectivity index (χ2v) is 7.72. The van der Waals surface area contributed by atoms with Crippen molar-refractivity contribution < 1.29 is 4.79 Å². The lowest BCUT2D eigenvalue weighted by atomic mass is 9.98. The average Bonchev–Trinajstić information content (AvgIpc) is 3.37. The molecule has 1 aromatic rings. The maximum atomic E-state index is 12.5. The van der Waals surface area contributed by atoms with Crippen LogP contribution >= 0.6 is 11.8 Å². The number of thioether (sulfide) groups is 1. The van der Waals surface area contributed by atoms with Crippen molar-refractivity contribution in [1.82, 2.24) is 20.2 Å². The zero-order valence-corrected chi connectivity index (χ0v) is 15.3. The summed E-state index contributed by atoms with van der Waals surface area (Å²) >= 11 is 1.90. The molecule has 132 valence electrons. The monoisotopic (exact) mass is 349 g/mol. The van der Waals surface area contributed by atoms with E-state index in [0.717, 1.165) is 25.6 Å². The van der Waals surface area contributed by atoms with Crippen LogP contribution in [0.2, 0.25) is 0 Å². The van der Waals surface area contributed by atoms with Gasteiger partial charge >= 0.3 is 0 Å². The molecule has 6 nitrogen and oxygen atoms in total. The molecule has 24 heavy (non-hydrogen) atoms. The lowest BCUT2D eigenvalue weighted by Crippen LogP contribution is -2.41. The molecule has 2 atom stereocenters.